The van der Waals surface area contributed by atoms with Gasteiger partial charge in [-0.2, -0.15) is 0 Å². The van der Waals surface area contributed by atoms with Crippen molar-refractivity contribution in [2.45, 2.75) is 19.9 Å². The minimum Gasteiger partial charge on any atom is -0.358 e. The van der Waals surface area contributed by atoms with Crippen molar-refractivity contribution in [1.82, 2.24) is 5.32 Å². The number of rotatable bonds is 1. The van der Waals surface area contributed by atoms with Crippen molar-refractivity contribution in [2.75, 3.05) is 12.5 Å². The highest BCUT2D eigenvalue weighted by Crippen LogP contribution is 1.87. The lowest BCUT2D eigenvalue weighted by Crippen LogP contribution is -2.33. The first-order valence-electron chi connectivity index (χ1n) is 2.92. The van der Waals surface area contributed by atoms with Crippen LogP contribution < -0.4 is 5.32 Å². The molecule has 0 rings (SSSR count). The minimum atomic E-state index is -0.131. The van der Waals surface area contributed by atoms with Crippen LogP contribution in [0, 0.1) is 7.43 Å². The van der Waals surface area contributed by atoms with Gasteiger partial charge in [0, 0.05) is 6.04 Å². The third-order valence-corrected chi connectivity index (χ3v) is 1.64. The van der Waals surface area contributed by atoms with Crippen LogP contribution >= 0.6 is 0 Å². The van der Waals surface area contributed by atoms with Crippen molar-refractivity contribution < 1.29 is 4.79 Å². The van der Waals surface area contributed by atoms with Crippen LogP contribution in [0.2, 0.25) is 0 Å². The highest BCUT2D eigenvalue weighted by atomic mass is 32.2. The maximum absolute atomic E-state index is 10.9. The molecular formula is C7H17NOS. The Bertz CT molecular complexity index is 102. The smallest absolute Gasteiger partial charge is 0.358 e. The first-order chi connectivity index (χ1) is 4.04. The summed E-state index contributed by atoms with van der Waals surface area (Å²) in [5.41, 5.74) is 0. The van der Waals surface area contributed by atoms with E-state index in [1.54, 1.807) is 0 Å². The van der Waals surface area contributed by atoms with Crippen molar-refractivity contribution in [3.05, 3.63) is 7.43 Å². The molecule has 0 aliphatic rings. The fraction of sp³-hybridized carbons (Fsp3) is 0.714. The van der Waals surface area contributed by atoms with Gasteiger partial charge in [-0.1, -0.05) is 0 Å². The Balaban J connectivity index is 0. The fourth-order valence-corrected chi connectivity index (χ4v) is 0.825. The summed E-state index contributed by atoms with van der Waals surface area (Å²) in [5.74, 6) is 0. The van der Waals surface area contributed by atoms with Crippen molar-refractivity contribution >= 4 is 16.1 Å². The zero-order chi connectivity index (χ0) is 7.44. The Morgan fingerprint density at radius 1 is 1.40 bits per heavy atom. The van der Waals surface area contributed by atoms with Gasteiger partial charge in [-0.25, -0.2) is 4.79 Å². The van der Waals surface area contributed by atoms with E-state index < -0.39 is 0 Å². The molecule has 62 valence electrons. The Kier molecular flexibility index (Phi) is 6.99. The van der Waals surface area contributed by atoms with E-state index in [0.717, 1.165) is 0 Å². The number of carbonyl (C=O) groups excluding carboxylic acids is 1. The van der Waals surface area contributed by atoms with Crippen LogP contribution in [0.5, 0.6) is 0 Å². The van der Waals surface area contributed by atoms with Crippen molar-refractivity contribution in [3.63, 3.8) is 0 Å². The Labute approximate surface area is 66.7 Å². The molecule has 0 heterocycles. The van der Waals surface area contributed by atoms with E-state index in [2.05, 4.69) is 5.32 Å². The average Bonchev–Trinajstić information content (AvgIpc) is 1.63. The molecule has 1 amide bonds. The summed E-state index contributed by atoms with van der Waals surface area (Å²) < 4.78 is 0. The predicted octanol–water partition coefficient (Wildman–Crippen LogP) is 1.43. The van der Waals surface area contributed by atoms with E-state index >= 15 is 0 Å². The van der Waals surface area contributed by atoms with E-state index in [1.165, 1.54) is 0 Å². The molecule has 10 heavy (non-hydrogen) atoms. The maximum atomic E-state index is 10.9. The van der Waals surface area contributed by atoms with Gasteiger partial charge < -0.3 is 12.7 Å². The lowest BCUT2D eigenvalue weighted by Gasteiger charge is -2.02. The summed E-state index contributed by atoms with van der Waals surface area (Å²) in [6.45, 7) is 3.93. The van der Waals surface area contributed by atoms with E-state index in [4.69, 9.17) is 0 Å². The molecule has 0 aliphatic carbocycles. The van der Waals surface area contributed by atoms with Crippen LogP contribution in [0.25, 0.3) is 0 Å². The lowest BCUT2D eigenvalue weighted by molar-refractivity contribution is 0.258. The predicted molar refractivity (Wildman–Crippen MR) is 49.3 cm³/mol. The zero-order valence-electron chi connectivity index (χ0n) is 7.39. The molecule has 0 fully saturated rings. The standard InChI is InChI=1S/C6H13NOS.CH3/c1-5(2)7-6(8)9(3)4;/h5H,1-4H3;1H3/q;-1/p+1. The highest BCUT2D eigenvalue weighted by Gasteiger charge is 2.16. The van der Waals surface area contributed by atoms with Crippen LogP contribution in [0.4, 0.5) is 4.79 Å². The zero-order valence-corrected chi connectivity index (χ0v) is 8.21. The van der Waals surface area contributed by atoms with Crippen molar-refractivity contribution in [2.24, 2.45) is 0 Å². The van der Waals surface area contributed by atoms with E-state index in [1.807, 2.05) is 26.4 Å². The highest BCUT2D eigenvalue weighted by molar-refractivity contribution is 8.09. The third kappa shape index (κ3) is 5.95. The van der Waals surface area contributed by atoms with E-state index in [0.29, 0.717) is 0 Å². The van der Waals surface area contributed by atoms with Crippen LogP contribution in [0.15, 0.2) is 0 Å². The summed E-state index contributed by atoms with van der Waals surface area (Å²) in [5, 5.41) is 2.97. The molecule has 0 bridgehead atoms. The minimum absolute atomic E-state index is 0. The molecule has 2 nitrogen and oxygen atoms in total. The molecule has 3 heteroatoms. The second-order valence-corrected chi connectivity index (χ2v) is 4.41. The molecule has 0 aromatic carbocycles. The second kappa shape index (κ2) is 5.59. The number of amides is 1. The first-order valence-corrected chi connectivity index (χ1v) is 4.96. The third-order valence-electron chi connectivity index (χ3n) is 0.777. The molecule has 0 spiro atoms. The van der Waals surface area contributed by atoms with Crippen LogP contribution in [-0.4, -0.2) is 23.8 Å². The molecule has 0 aromatic heterocycles. The van der Waals surface area contributed by atoms with Crippen molar-refractivity contribution in [3.8, 4) is 0 Å². The van der Waals surface area contributed by atoms with Gasteiger partial charge in [0.05, 0.1) is 10.9 Å². The van der Waals surface area contributed by atoms with E-state index in [-0.39, 0.29) is 29.6 Å². The molecule has 0 aromatic rings. The Morgan fingerprint density at radius 2 is 1.80 bits per heavy atom. The number of nitrogens with one attached hydrogen (secondary N) is 1. The monoisotopic (exact) mass is 163 g/mol. The van der Waals surface area contributed by atoms with Crippen LogP contribution in [-0.2, 0) is 10.9 Å². The Hall–Kier alpha value is -0.180. The van der Waals surface area contributed by atoms with Gasteiger partial charge in [-0.15, -0.1) is 0 Å². The Morgan fingerprint density at radius 3 is 1.90 bits per heavy atom. The largest absolute Gasteiger partial charge is 0.428 e. The summed E-state index contributed by atoms with van der Waals surface area (Å²) in [6.07, 6.45) is 3.83. The summed E-state index contributed by atoms with van der Waals surface area (Å²) in [6, 6.07) is 0.271. The average molecular weight is 163 g/mol. The molecule has 1 N–H and O–H groups in total. The number of hydrogen-bond donors (Lipinski definition) is 1. The summed E-state index contributed by atoms with van der Waals surface area (Å²) in [7, 11) is -0.131. The molecule has 0 saturated heterocycles. The molecule has 0 saturated carbocycles. The molecule has 0 radical (unpaired) electrons. The molecule has 0 atom stereocenters. The van der Waals surface area contributed by atoms with Gasteiger partial charge in [-0.3, -0.25) is 0 Å². The normalized spacial score (nSPS) is 9.40. The van der Waals surface area contributed by atoms with Gasteiger partial charge >= 0.3 is 5.24 Å². The van der Waals surface area contributed by atoms with Crippen LogP contribution in [0.1, 0.15) is 13.8 Å². The van der Waals surface area contributed by atoms with Gasteiger partial charge in [0.25, 0.3) is 0 Å². The van der Waals surface area contributed by atoms with Gasteiger partial charge in [0.1, 0.15) is 12.5 Å². The molecule has 0 unspecified atom stereocenters. The molecule has 0 aliphatic heterocycles. The number of carbonyl (C=O) groups is 1. The summed E-state index contributed by atoms with van der Waals surface area (Å²) >= 11 is 0. The first kappa shape index (κ1) is 12.5. The quantitative estimate of drug-likeness (QED) is 0.460. The van der Waals surface area contributed by atoms with Crippen molar-refractivity contribution in [1.29, 1.82) is 0 Å². The van der Waals surface area contributed by atoms with Crippen LogP contribution in [0.3, 0.4) is 0 Å². The SMILES string of the molecule is CC(C)NC(=O)[S+](C)C.[CH3-]. The second-order valence-electron chi connectivity index (χ2n) is 2.40. The number of hydrogen-bond acceptors (Lipinski definition) is 1. The summed E-state index contributed by atoms with van der Waals surface area (Å²) in [4.78, 5) is 10.9. The lowest BCUT2D eigenvalue weighted by atomic mass is 10.4. The van der Waals surface area contributed by atoms with E-state index in [9.17, 15) is 4.79 Å². The maximum Gasteiger partial charge on any atom is 0.428 e. The van der Waals surface area contributed by atoms with Gasteiger partial charge in [0.15, 0.2) is 0 Å². The van der Waals surface area contributed by atoms with Gasteiger partial charge in [-0.05, 0) is 13.8 Å². The molecular weight excluding hydrogens is 146 g/mol. The topological polar surface area (TPSA) is 29.1 Å². The fourth-order valence-electron chi connectivity index (χ4n) is 0.354. The van der Waals surface area contributed by atoms with Gasteiger partial charge in [0.2, 0.25) is 0 Å².